The SMILES string of the molecule is COCC(=O)N[C@@H]1c2ccccc2[C@@H]2CN(Cc3cc(OC)ccc3F)C[C@H]12.O=C(O)C(F)(F)F. The Bertz CT molecular complexity index is 1060. The number of alkyl halides is 3. The molecule has 1 fully saturated rings. The molecule has 1 aliphatic heterocycles. The van der Waals surface area contributed by atoms with Crippen molar-refractivity contribution >= 4 is 11.9 Å². The van der Waals surface area contributed by atoms with Crippen molar-refractivity contribution in [2.75, 3.05) is 33.9 Å². The molecule has 0 unspecified atom stereocenters. The topological polar surface area (TPSA) is 88.1 Å². The van der Waals surface area contributed by atoms with Crippen LogP contribution < -0.4 is 10.1 Å². The number of rotatable bonds is 6. The highest BCUT2D eigenvalue weighted by molar-refractivity contribution is 5.78. The molecule has 3 atom stereocenters. The Morgan fingerprint density at radius 1 is 1.11 bits per heavy atom. The number of methoxy groups -OCH3 is 2. The number of likely N-dealkylation sites (tertiary alicyclic amines) is 1. The van der Waals surface area contributed by atoms with Crippen molar-refractivity contribution in [2.45, 2.75) is 24.7 Å². The fourth-order valence-corrected chi connectivity index (χ4v) is 4.64. The quantitative estimate of drug-likeness (QED) is 0.593. The van der Waals surface area contributed by atoms with E-state index in [-0.39, 0.29) is 30.3 Å². The summed E-state index contributed by atoms with van der Waals surface area (Å²) >= 11 is 0. The van der Waals surface area contributed by atoms with Gasteiger partial charge in [-0.1, -0.05) is 24.3 Å². The van der Waals surface area contributed by atoms with Gasteiger partial charge in [-0.2, -0.15) is 13.2 Å². The highest BCUT2D eigenvalue weighted by Gasteiger charge is 2.46. The molecule has 35 heavy (non-hydrogen) atoms. The largest absolute Gasteiger partial charge is 0.497 e. The minimum Gasteiger partial charge on any atom is -0.497 e. The molecule has 4 rings (SSSR count). The monoisotopic (exact) mass is 498 g/mol. The van der Waals surface area contributed by atoms with Crippen LogP contribution in [0, 0.1) is 11.7 Å². The van der Waals surface area contributed by atoms with Crippen LogP contribution in [0.5, 0.6) is 5.75 Å². The number of hydrogen-bond acceptors (Lipinski definition) is 5. The lowest BCUT2D eigenvalue weighted by molar-refractivity contribution is -0.192. The minimum absolute atomic E-state index is 0.0380. The van der Waals surface area contributed by atoms with Gasteiger partial charge in [-0.3, -0.25) is 9.69 Å². The number of carbonyl (C=O) groups excluding carboxylic acids is 1. The zero-order chi connectivity index (χ0) is 25.8. The second-order valence-electron chi connectivity index (χ2n) is 8.33. The van der Waals surface area contributed by atoms with Crippen molar-refractivity contribution in [1.29, 1.82) is 0 Å². The molecule has 190 valence electrons. The Labute approximate surface area is 199 Å². The summed E-state index contributed by atoms with van der Waals surface area (Å²) in [5, 5.41) is 10.3. The molecule has 0 saturated carbocycles. The number of fused-ring (bicyclic) bond motifs is 3. The van der Waals surface area contributed by atoms with Gasteiger partial charge in [0, 0.05) is 44.1 Å². The normalized spacial score (nSPS) is 20.9. The predicted octanol–water partition coefficient (Wildman–Crippen LogP) is 3.50. The molecule has 0 aromatic heterocycles. The van der Waals surface area contributed by atoms with Gasteiger partial charge in [0.1, 0.15) is 18.2 Å². The van der Waals surface area contributed by atoms with Crippen LogP contribution in [0.1, 0.15) is 28.7 Å². The number of ether oxygens (including phenoxy) is 2. The first-order chi connectivity index (χ1) is 16.5. The molecular formula is C24H26F4N2O5. The Hall–Kier alpha value is -3.18. The predicted molar refractivity (Wildman–Crippen MR) is 117 cm³/mol. The van der Waals surface area contributed by atoms with Crippen molar-refractivity contribution in [1.82, 2.24) is 10.2 Å². The Kier molecular flexibility index (Phi) is 8.34. The van der Waals surface area contributed by atoms with Crippen LogP contribution in [0.15, 0.2) is 42.5 Å². The lowest BCUT2D eigenvalue weighted by Crippen LogP contribution is -2.35. The van der Waals surface area contributed by atoms with Crippen LogP contribution in [-0.2, 0) is 20.9 Å². The molecule has 7 nitrogen and oxygen atoms in total. The number of carboxylic acid groups (broad SMARTS) is 1. The molecule has 1 heterocycles. The number of amides is 1. The maximum absolute atomic E-state index is 14.3. The lowest BCUT2D eigenvalue weighted by Gasteiger charge is -2.23. The summed E-state index contributed by atoms with van der Waals surface area (Å²) in [4.78, 5) is 23.3. The summed E-state index contributed by atoms with van der Waals surface area (Å²) in [6, 6.07) is 13.1. The zero-order valence-electron chi connectivity index (χ0n) is 19.1. The third-order valence-electron chi connectivity index (χ3n) is 6.08. The molecule has 1 aliphatic carbocycles. The lowest BCUT2D eigenvalue weighted by atomic mass is 9.94. The molecule has 1 amide bonds. The number of benzene rings is 2. The number of hydrogen-bond donors (Lipinski definition) is 2. The van der Waals surface area contributed by atoms with Crippen LogP contribution >= 0.6 is 0 Å². The average Bonchev–Trinajstić information content (AvgIpc) is 3.33. The number of nitrogens with one attached hydrogen (secondary N) is 1. The van der Waals surface area contributed by atoms with E-state index < -0.39 is 12.1 Å². The van der Waals surface area contributed by atoms with Crippen molar-refractivity contribution in [3.8, 4) is 5.75 Å². The van der Waals surface area contributed by atoms with E-state index in [1.165, 1.54) is 24.3 Å². The van der Waals surface area contributed by atoms with E-state index in [1.807, 2.05) is 12.1 Å². The highest BCUT2D eigenvalue weighted by atomic mass is 19.4. The average molecular weight is 498 g/mol. The molecule has 0 spiro atoms. The third kappa shape index (κ3) is 6.29. The zero-order valence-corrected chi connectivity index (χ0v) is 19.1. The second kappa shape index (κ2) is 11.0. The fourth-order valence-electron chi connectivity index (χ4n) is 4.64. The first-order valence-electron chi connectivity index (χ1n) is 10.8. The van der Waals surface area contributed by atoms with E-state index in [2.05, 4.69) is 22.3 Å². The van der Waals surface area contributed by atoms with E-state index in [9.17, 15) is 22.4 Å². The second-order valence-corrected chi connectivity index (χ2v) is 8.33. The third-order valence-corrected chi connectivity index (χ3v) is 6.08. The molecule has 1 saturated heterocycles. The van der Waals surface area contributed by atoms with E-state index in [1.54, 1.807) is 19.2 Å². The fraction of sp³-hybridized carbons (Fsp3) is 0.417. The highest BCUT2D eigenvalue weighted by Crippen LogP contribution is 2.49. The summed E-state index contributed by atoms with van der Waals surface area (Å²) in [6.45, 7) is 2.22. The smallest absolute Gasteiger partial charge is 0.490 e. The van der Waals surface area contributed by atoms with Crippen LogP contribution in [0.2, 0.25) is 0 Å². The van der Waals surface area contributed by atoms with Gasteiger partial charge < -0.3 is 19.9 Å². The Balaban J connectivity index is 0.000000429. The number of aliphatic carboxylic acids is 1. The van der Waals surface area contributed by atoms with E-state index in [4.69, 9.17) is 19.4 Å². The molecule has 2 aliphatic rings. The molecule has 0 bridgehead atoms. The van der Waals surface area contributed by atoms with Gasteiger partial charge in [-0.15, -0.1) is 0 Å². The molecule has 2 aromatic carbocycles. The van der Waals surface area contributed by atoms with Gasteiger partial charge in [-0.05, 0) is 29.3 Å². The van der Waals surface area contributed by atoms with Gasteiger partial charge in [0.15, 0.2) is 0 Å². The van der Waals surface area contributed by atoms with Crippen LogP contribution in [0.25, 0.3) is 0 Å². The van der Waals surface area contributed by atoms with Crippen LogP contribution in [-0.4, -0.2) is 62.0 Å². The maximum atomic E-state index is 14.3. The van der Waals surface area contributed by atoms with Crippen molar-refractivity contribution in [2.24, 2.45) is 5.92 Å². The van der Waals surface area contributed by atoms with Crippen molar-refractivity contribution in [3.63, 3.8) is 0 Å². The first-order valence-corrected chi connectivity index (χ1v) is 10.8. The summed E-state index contributed by atoms with van der Waals surface area (Å²) in [5.41, 5.74) is 3.10. The number of halogens is 4. The molecule has 11 heteroatoms. The molecule has 2 aromatic rings. The van der Waals surface area contributed by atoms with Gasteiger partial charge in [0.2, 0.25) is 5.91 Å². The van der Waals surface area contributed by atoms with Crippen molar-refractivity contribution < 1.29 is 41.7 Å². The minimum atomic E-state index is -5.08. The van der Waals surface area contributed by atoms with Gasteiger partial charge >= 0.3 is 12.1 Å². The van der Waals surface area contributed by atoms with Gasteiger partial charge in [-0.25, -0.2) is 9.18 Å². The molecule has 0 radical (unpaired) electrons. The summed E-state index contributed by atoms with van der Waals surface area (Å²) < 4.78 is 56.2. The number of carboxylic acids is 1. The van der Waals surface area contributed by atoms with Crippen LogP contribution in [0.4, 0.5) is 17.6 Å². The van der Waals surface area contributed by atoms with Gasteiger partial charge in [0.25, 0.3) is 0 Å². The van der Waals surface area contributed by atoms with E-state index in [0.29, 0.717) is 23.8 Å². The molecule has 2 N–H and O–H groups in total. The van der Waals surface area contributed by atoms with E-state index >= 15 is 0 Å². The van der Waals surface area contributed by atoms with Crippen molar-refractivity contribution in [3.05, 3.63) is 65.0 Å². The number of nitrogens with zero attached hydrogens (tertiary/aromatic N) is 1. The van der Waals surface area contributed by atoms with Gasteiger partial charge in [0.05, 0.1) is 13.2 Å². The molecular weight excluding hydrogens is 472 g/mol. The summed E-state index contributed by atoms with van der Waals surface area (Å²) in [6.07, 6.45) is -5.08. The first kappa shape index (κ1) is 26.4. The van der Waals surface area contributed by atoms with E-state index in [0.717, 1.165) is 13.1 Å². The summed E-state index contributed by atoms with van der Waals surface area (Å²) in [5.74, 6) is -1.83. The van der Waals surface area contributed by atoms with Crippen LogP contribution in [0.3, 0.4) is 0 Å². The maximum Gasteiger partial charge on any atom is 0.490 e. The Morgan fingerprint density at radius 2 is 1.77 bits per heavy atom. The number of carbonyl (C=O) groups is 2. The Morgan fingerprint density at radius 3 is 2.37 bits per heavy atom. The standard InChI is InChI=1S/C22H25FN2O3.C2HF3O2/c1-27-13-21(26)24-22-17-6-4-3-5-16(17)18-11-25(12-19(18)22)10-14-9-15(28-2)7-8-20(14)23;3-2(4,5)1(6)7/h3-9,18-19,22H,10-13H2,1-2H3,(H,24,26);(H,6,7)/t18-,19-,22+;/m0./s1. The summed E-state index contributed by atoms with van der Waals surface area (Å²) in [7, 11) is 3.10.